The van der Waals surface area contributed by atoms with Crippen molar-refractivity contribution in [3.63, 3.8) is 0 Å². The van der Waals surface area contributed by atoms with Gasteiger partial charge in [-0.25, -0.2) is 4.79 Å². The number of hydrogen-bond acceptors (Lipinski definition) is 5. The number of methoxy groups -OCH3 is 1. The standard InChI is InChI=1S/C22H23N3O3/c1-16(2)25(14-17-9-5-4-6-10-17)15-18(13-23)21(26)24-20-12-8-7-11-19(20)22(27)28-3/h4-12,15-16H,14H2,1-3H3,(H,24,26)/b18-15-. The van der Waals surface area contributed by atoms with Gasteiger partial charge in [0, 0.05) is 18.8 Å². The van der Waals surface area contributed by atoms with Crippen molar-refractivity contribution in [1.29, 1.82) is 5.26 Å². The average molecular weight is 377 g/mol. The zero-order valence-corrected chi connectivity index (χ0v) is 16.2. The Hall–Kier alpha value is -3.59. The lowest BCUT2D eigenvalue weighted by Gasteiger charge is -2.25. The van der Waals surface area contributed by atoms with Crippen molar-refractivity contribution in [3.8, 4) is 6.07 Å². The molecule has 0 radical (unpaired) electrons. The molecule has 2 rings (SSSR count). The van der Waals surface area contributed by atoms with Crippen LogP contribution in [0.1, 0.15) is 29.8 Å². The van der Waals surface area contributed by atoms with Crippen LogP contribution < -0.4 is 5.32 Å². The van der Waals surface area contributed by atoms with E-state index in [9.17, 15) is 14.9 Å². The van der Waals surface area contributed by atoms with Crippen LogP contribution in [0.4, 0.5) is 5.69 Å². The minimum atomic E-state index is -0.586. The van der Waals surface area contributed by atoms with E-state index in [2.05, 4.69) is 5.32 Å². The Balaban J connectivity index is 2.24. The van der Waals surface area contributed by atoms with Gasteiger partial charge < -0.3 is 15.0 Å². The molecule has 0 aromatic heterocycles. The minimum Gasteiger partial charge on any atom is -0.465 e. The Morgan fingerprint density at radius 2 is 1.79 bits per heavy atom. The third kappa shape index (κ3) is 5.45. The number of nitrogens with zero attached hydrogens (tertiary/aromatic N) is 2. The molecule has 0 aliphatic carbocycles. The molecule has 0 saturated carbocycles. The summed E-state index contributed by atoms with van der Waals surface area (Å²) >= 11 is 0. The summed E-state index contributed by atoms with van der Waals surface area (Å²) in [5.41, 5.74) is 1.53. The highest BCUT2D eigenvalue weighted by atomic mass is 16.5. The molecule has 6 heteroatoms. The molecule has 2 aromatic carbocycles. The maximum Gasteiger partial charge on any atom is 0.339 e. The van der Waals surface area contributed by atoms with Crippen molar-refractivity contribution < 1.29 is 14.3 Å². The van der Waals surface area contributed by atoms with Crippen molar-refractivity contribution >= 4 is 17.6 Å². The third-order valence-electron chi connectivity index (χ3n) is 4.11. The highest BCUT2D eigenvalue weighted by Crippen LogP contribution is 2.18. The van der Waals surface area contributed by atoms with Gasteiger partial charge in [0.2, 0.25) is 0 Å². The number of amides is 1. The zero-order valence-electron chi connectivity index (χ0n) is 16.2. The summed E-state index contributed by atoms with van der Waals surface area (Å²) in [6.07, 6.45) is 1.55. The number of anilines is 1. The first-order chi connectivity index (χ1) is 13.5. The molecule has 0 heterocycles. The predicted molar refractivity (Wildman–Crippen MR) is 107 cm³/mol. The number of nitriles is 1. The van der Waals surface area contributed by atoms with Crippen LogP contribution in [0.15, 0.2) is 66.4 Å². The van der Waals surface area contributed by atoms with Gasteiger partial charge in [-0.3, -0.25) is 4.79 Å². The van der Waals surface area contributed by atoms with E-state index in [4.69, 9.17) is 4.74 Å². The molecular weight excluding hydrogens is 354 g/mol. The molecule has 0 saturated heterocycles. The number of benzene rings is 2. The van der Waals surface area contributed by atoms with Gasteiger partial charge in [-0.2, -0.15) is 5.26 Å². The molecule has 0 aliphatic rings. The van der Waals surface area contributed by atoms with Gasteiger partial charge in [0.1, 0.15) is 11.6 Å². The van der Waals surface area contributed by atoms with Crippen LogP contribution in [0, 0.1) is 11.3 Å². The van der Waals surface area contributed by atoms with Gasteiger partial charge in [-0.05, 0) is 31.5 Å². The molecule has 28 heavy (non-hydrogen) atoms. The largest absolute Gasteiger partial charge is 0.465 e. The number of nitrogens with one attached hydrogen (secondary N) is 1. The molecule has 1 N–H and O–H groups in total. The summed E-state index contributed by atoms with van der Waals surface area (Å²) in [5.74, 6) is -1.15. The van der Waals surface area contributed by atoms with Crippen molar-refractivity contribution in [2.24, 2.45) is 0 Å². The molecule has 0 spiro atoms. The summed E-state index contributed by atoms with van der Waals surface area (Å²) in [6, 6.07) is 18.3. The normalized spacial score (nSPS) is 10.9. The summed E-state index contributed by atoms with van der Waals surface area (Å²) in [7, 11) is 1.27. The molecule has 144 valence electrons. The van der Waals surface area contributed by atoms with Crippen LogP contribution in [-0.2, 0) is 16.1 Å². The number of esters is 1. The summed E-state index contributed by atoms with van der Waals surface area (Å²) < 4.78 is 4.73. The number of carbonyl (C=O) groups is 2. The van der Waals surface area contributed by atoms with Gasteiger partial charge in [-0.15, -0.1) is 0 Å². The van der Waals surface area contributed by atoms with Crippen molar-refractivity contribution in [3.05, 3.63) is 77.5 Å². The first-order valence-electron chi connectivity index (χ1n) is 8.86. The second-order valence-electron chi connectivity index (χ2n) is 6.40. The van der Waals surface area contributed by atoms with Crippen LogP contribution in [0.2, 0.25) is 0 Å². The molecule has 2 aromatic rings. The lowest BCUT2D eigenvalue weighted by atomic mass is 10.1. The zero-order chi connectivity index (χ0) is 20.5. The fourth-order valence-electron chi connectivity index (χ4n) is 2.55. The first-order valence-corrected chi connectivity index (χ1v) is 8.86. The maximum atomic E-state index is 12.6. The van der Waals surface area contributed by atoms with E-state index in [0.717, 1.165) is 5.56 Å². The van der Waals surface area contributed by atoms with Crippen LogP contribution in [0.5, 0.6) is 0 Å². The smallest absolute Gasteiger partial charge is 0.339 e. The van der Waals surface area contributed by atoms with Gasteiger partial charge in [0.05, 0.1) is 18.4 Å². The second kappa shape index (κ2) is 9.93. The summed E-state index contributed by atoms with van der Waals surface area (Å²) in [5, 5.41) is 12.1. The van der Waals surface area contributed by atoms with Crippen LogP contribution >= 0.6 is 0 Å². The number of ether oxygens (including phenoxy) is 1. The fraction of sp³-hybridized carbons (Fsp3) is 0.227. The molecule has 1 amide bonds. The molecular formula is C22H23N3O3. The van der Waals surface area contributed by atoms with Gasteiger partial charge in [-0.1, -0.05) is 42.5 Å². The van der Waals surface area contributed by atoms with Crippen LogP contribution in [0.25, 0.3) is 0 Å². The Morgan fingerprint density at radius 3 is 2.39 bits per heavy atom. The number of hydrogen-bond donors (Lipinski definition) is 1. The summed E-state index contributed by atoms with van der Waals surface area (Å²) in [6.45, 7) is 4.54. The molecule has 0 atom stereocenters. The highest BCUT2D eigenvalue weighted by Gasteiger charge is 2.17. The Morgan fingerprint density at radius 1 is 1.14 bits per heavy atom. The SMILES string of the molecule is COC(=O)c1ccccc1NC(=O)/C(C#N)=C\N(Cc1ccccc1)C(C)C. The van der Waals surface area contributed by atoms with E-state index in [1.54, 1.807) is 30.5 Å². The van der Waals surface area contributed by atoms with Crippen molar-refractivity contribution in [2.75, 3.05) is 12.4 Å². The molecule has 0 bridgehead atoms. The van der Waals surface area contributed by atoms with E-state index in [1.165, 1.54) is 7.11 Å². The van der Waals surface area contributed by atoms with Gasteiger partial charge in [0.25, 0.3) is 5.91 Å². The average Bonchev–Trinajstić information content (AvgIpc) is 2.71. The lowest BCUT2D eigenvalue weighted by molar-refractivity contribution is -0.112. The van der Waals surface area contributed by atoms with Crippen molar-refractivity contribution in [2.45, 2.75) is 26.4 Å². The Bertz CT molecular complexity index is 899. The number of rotatable bonds is 7. The summed E-state index contributed by atoms with van der Waals surface area (Å²) in [4.78, 5) is 26.4. The van der Waals surface area contributed by atoms with E-state index >= 15 is 0 Å². The van der Waals surface area contributed by atoms with E-state index in [1.807, 2.05) is 55.1 Å². The first kappa shape index (κ1) is 20.7. The minimum absolute atomic E-state index is 0.0516. The van der Waals surface area contributed by atoms with Crippen LogP contribution in [-0.4, -0.2) is 29.9 Å². The second-order valence-corrected chi connectivity index (χ2v) is 6.40. The van der Waals surface area contributed by atoms with Gasteiger partial charge in [0.15, 0.2) is 0 Å². The topological polar surface area (TPSA) is 82.4 Å². The Labute approximate surface area is 165 Å². The van der Waals surface area contributed by atoms with E-state index in [0.29, 0.717) is 12.2 Å². The quantitative estimate of drug-likeness (QED) is 0.452. The Kier molecular flexibility index (Phi) is 7.35. The van der Waals surface area contributed by atoms with E-state index in [-0.39, 0.29) is 17.2 Å². The molecule has 0 unspecified atom stereocenters. The lowest BCUT2D eigenvalue weighted by Crippen LogP contribution is -2.27. The highest BCUT2D eigenvalue weighted by molar-refractivity contribution is 6.09. The molecule has 0 fully saturated rings. The monoisotopic (exact) mass is 377 g/mol. The van der Waals surface area contributed by atoms with Crippen LogP contribution in [0.3, 0.4) is 0 Å². The fourth-order valence-corrected chi connectivity index (χ4v) is 2.55. The third-order valence-corrected chi connectivity index (χ3v) is 4.11. The maximum absolute atomic E-state index is 12.6. The van der Waals surface area contributed by atoms with Crippen molar-refractivity contribution in [1.82, 2.24) is 4.90 Å². The predicted octanol–water partition coefficient (Wildman–Crippen LogP) is 3.73. The molecule has 6 nitrogen and oxygen atoms in total. The number of carbonyl (C=O) groups excluding carboxylic acids is 2. The number of para-hydroxylation sites is 1. The van der Waals surface area contributed by atoms with E-state index < -0.39 is 11.9 Å². The van der Waals surface area contributed by atoms with Gasteiger partial charge >= 0.3 is 5.97 Å². The molecule has 0 aliphatic heterocycles.